The van der Waals surface area contributed by atoms with E-state index in [4.69, 9.17) is 23.2 Å². The summed E-state index contributed by atoms with van der Waals surface area (Å²) in [5.41, 5.74) is 1.87. The van der Waals surface area contributed by atoms with Gasteiger partial charge in [-0.15, -0.1) is 0 Å². The Morgan fingerprint density at radius 1 is 0.944 bits per heavy atom. The Labute approximate surface area is 221 Å². The van der Waals surface area contributed by atoms with E-state index < -0.39 is 34.4 Å². The van der Waals surface area contributed by atoms with Gasteiger partial charge in [0.25, 0.3) is 10.0 Å². The number of nitrogens with zero attached hydrogens (tertiary/aromatic N) is 2. The van der Waals surface area contributed by atoms with Crippen LogP contribution in [0.2, 0.25) is 10.0 Å². The van der Waals surface area contributed by atoms with Crippen LogP contribution in [-0.4, -0.2) is 44.8 Å². The van der Waals surface area contributed by atoms with Crippen LogP contribution >= 0.6 is 23.2 Å². The van der Waals surface area contributed by atoms with E-state index in [9.17, 15) is 18.0 Å². The van der Waals surface area contributed by atoms with E-state index in [1.165, 1.54) is 24.1 Å². The van der Waals surface area contributed by atoms with Gasteiger partial charge in [-0.2, -0.15) is 0 Å². The summed E-state index contributed by atoms with van der Waals surface area (Å²) in [6.45, 7) is 2.95. The normalized spacial score (nSPS) is 12.0. The van der Waals surface area contributed by atoms with E-state index in [1.807, 2.05) is 6.92 Å². The first-order valence-electron chi connectivity index (χ1n) is 11.1. The number of nitrogens with one attached hydrogen (secondary N) is 1. The largest absolute Gasteiger partial charge is 0.357 e. The van der Waals surface area contributed by atoms with E-state index >= 15 is 0 Å². The third-order valence-electron chi connectivity index (χ3n) is 5.68. The molecule has 0 aliphatic heterocycles. The van der Waals surface area contributed by atoms with Gasteiger partial charge >= 0.3 is 0 Å². The number of para-hydroxylation sites is 1. The summed E-state index contributed by atoms with van der Waals surface area (Å²) in [6.07, 6.45) is 0. The molecule has 3 rings (SSSR count). The quantitative estimate of drug-likeness (QED) is 0.422. The van der Waals surface area contributed by atoms with Gasteiger partial charge < -0.3 is 10.2 Å². The van der Waals surface area contributed by atoms with Gasteiger partial charge in [-0.3, -0.25) is 13.9 Å². The second-order valence-corrected chi connectivity index (χ2v) is 10.9. The van der Waals surface area contributed by atoms with Crippen molar-refractivity contribution >= 4 is 50.7 Å². The lowest BCUT2D eigenvalue weighted by Crippen LogP contribution is -2.50. The monoisotopic (exact) mass is 547 g/mol. The SMILES string of the molecule is CNC(=O)[C@H](C)N(Cc1ccc(Cl)c(Cl)c1)C(=O)CN(c1ccccc1)S(=O)(=O)c1ccc(C)cc1. The maximum atomic E-state index is 13.7. The molecule has 0 saturated heterocycles. The number of amides is 2. The fourth-order valence-corrected chi connectivity index (χ4v) is 5.32. The van der Waals surface area contributed by atoms with E-state index in [0.717, 1.165) is 9.87 Å². The molecular formula is C26H27Cl2N3O4S. The molecule has 0 bridgehead atoms. The smallest absolute Gasteiger partial charge is 0.264 e. The van der Waals surface area contributed by atoms with Gasteiger partial charge in [0, 0.05) is 13.6 Å². The maximum absolute atomic E-state index is 13.7. The predicted molar refractivity (Wildman–Crippen MR) is 143 cm³/mol. The highest BCUT2D eigenvalue weighted by molar-refractivity contribution is 7.92. The van der Waals surface area contributed by atoms with Gasteiger partial charge in [-0.05, 0) is 55.8 Å². The second-order valence-electron chi connectivity index (χ2n) is 8.22. The van der Waals surface area contributed by atoms with E-state index in [0.29, 0.717) is 21.3 Å². The van der Waals surface area contributed by atoms with Gasteiger partial charge in [-0.1, -0.05) is 65.2 Å². The molecule has 1 atom stereocenters. The highest BCUT2D eigenvalue weighted by Crippen LogP contribution is 2.26. The van der Waals surface area contributed by atoms with Gasteiger partial charge in [0.15, 0.2) is 0 Å². The zero-order valence-electron chi connectivity index (χ0n) is 20.1. The van der Waals surface area contributed by atoms with Gasteiger partial charge in [-0.25, -0.2) is 8.42 Å². The van der Waals surface area contributed by atoms with Crippen LogP contribution < -0.4 is 9.62 Å². The van der Waals surface area contributed by atoms with Crippen LogP contribution in [-0.2, 0) is 26.2 Å². The lowest BCUT2D eigenvalue weighted by atomic mass is 10.1. The van der Waals surface area contributed by atoms with Gasteiger partial charge in [0.05, 0.1) is 20.6 Å². The fraction of sp³-hybridized carbons (Fsp3) is 0.231. The summed E-state index contributed by atoms with van der Waals surface area (Å²) >= 11 is 12.2. The standard InChI is InChI=1S/C26H27Cl2N3O4S/c1-18-9-12-22(13-10-18)36(34,35)31(21-7-5-4-6-8-21)17-25(32)30(19(2)26(33)29-3)16-20-11-14-23(27)24(28)15-20/h4-15,19H,16-17H2,1-3H3,(H,29,33)/t19-/m0/s1. The van der Waals surface area contributed by atoms with Crippen molar-refractivity contribution in [2.45, 2.75) is 31.3 Å². The number of halogens is 2. The maximum Gasteiger partial charge on any atom is 0.264 e. The number of benzene rings is 3. The number of hydrogen-bond acceptors (Lipinski definition) is 4. The lowest BCUT2D eigenvalue weighted by molar-refractivity contribution is -0.139. The lowest BCUT2D eigenvalue weighted by Gasteiger charge is -2.31. The molecule has 0 aromatic heterocycles. The van der Waals surface area contributed by atoms with Crippen molar-refractivity contribution in [1.29, 1.82) is 0 Å². The molecule has 3 aromatic carbocycles. The second kappa shape index (κ2) is 11.8. The first kappa shape index (κ1) is 27.5. The summed E-state index contributed by atoms with van der Waals surface area (Å²) in [7, 11) is -2.62. The van der Waals surface area contributed by atoms with E-state index in [1.54, 1.807) is 67.6 Å². The minimum atomic E-state index is -4.09. The number of carbonyl (C=O) groups is 2. The zero-order valence-corrected chi connectivity index (χ0v) is 22.4. The van der Waals surface area contributed by atoms with Crippen molar-refractivity contribution < 1.29 is 18.0 Å². The Bertz CT molecular complexity index is 1330. The topological polar surface area (TPSA) is 86.8 Å². The summed E-state index contributed by atoms with van der Waals surface area (Å²) in [5.74, 6) is -0.951. The zero-order chi connectivity index (χ0) is 26.5. The molecule has 3 aromatic rings. The third kappa shape index (κ3) is 6.37. The number of carbonyl (C=O) groups excluding carboxylic acids is 2. The van der Waals surface area contributed by atoms with Crippen LogP contribution in [0.4, 0.5) is 5.69 Å². The molecule has 0 spiro atoms. The molecule has 7 nitrogen and oxygen atoms in total. The summed E-state index contributed by atoms with van der Waals surface area (Å²) < 4.78 is 28.3. The van der Waals surface area contributed by atoms with Crippen LogP contribution in [0, 0.1) is 6.92 Å². The number of hydrogen-bond donors (Lipinski definition) is 1. The number of sulfonamides is 1. The number of aryl methyl sites for hydroxylation is 1. The highest BCUT2D eigenvalue weighted by atomic mass is 35.5. The van der Waals surface area contributed by atoms with E-state index in [2.05, 4.69) is 5.32 Å². The number of likely N-dealkylation sites (N-methyl/N-ethyl adjacent to an activating group) is 1. The Balaban J connectivity index is 2.01. The minimum absolute atomic E-state index is 0.0253. The number of anilines is 1. The Hall–Kier alpha value is -3.07. The molecule has 36 heavy (non-hydrogen) atoms. The Morgan fingerprint density at radius 2 is 1.58 bits per heavy atom. The highest BCUT2D eigenvalue weighted by Gasteiger charge is 2.32. The molecule has 0 aliphatic carbocycles. The van der Waals surface area contributed by atoms with Crippen LogP contribution in [0.25, 0.3) is 0 Å². The molecule has 0 saturated carbocycles. The Morgan fingerprint density at radius 3 is 2.17 bits per heavy atom. The van der Waals surface area contributed by atoms with Crippen molar-refractivity contribution in [3.63, 3.8) is 0 Å². The molecule has 2 amide bonds. The summed E-state index contributed by atoms with van der Waals surface area (Å²) in [4.78, 5) is 27.5. The summed E-state index contributed by atoms with van der Waals surface area (Å²) in [6, 6.07) is 18.8. The van der Waals surface area contributed by atoms with E-state index in [-0.39, 0.29) is 11.4 Å². The predicted octanol–water partition coefficient (Wildman–Crippen LogP) is 4.66. The van der Waals surface area contributed by atoms with Crippen molar-refractivity contribution in [2.75, 3.05) is 17.9 Å². The van der Waals surface area contributed by atoms with Crippen LogP contribution in [0.15, 0.2) is 77.7 Å². The van der Waals surface area contributed by atoms with Gasteiger partial charge in [0.1, 0.15) is 12.6 Å². The van der Waals surface area contributed by atoms with Crippen molar-refractivity contribution in [3.05, 3.63) is 94.0 Å². The van der Waals surface area contributed by atoms with Crippen molar-refractivity contribution in [2.24, 2.45) is 0 Å². The van der Waals surface area contributed by atoms with Crippen LogP contribution in [0.3, 0.4) is 0 Å². The molecule has 0 unspecified atom stereocenters. The molecule has 10 heteroatoms. The molecule has 0 fully saturated rings. The molecular weight excluding hydrogens is 521 g/mol. The first-order chi connectivity index (χ1) is 17.0. The van der Waals surface area contributed by atoms with Gasteiger partial charge in [0.2, 0.25) is 11.8 Å². The first-order valence-corrected chi connectivity index (χ1v) is 13.3. The van der Waals surface area contributed by atoms with Crippen molar-refractivity contribution in [1.82, 2.24) is 10.2 Å². The van der Waals surface area contributed by atoms with Crippen LogP contribution in [0.5, 0.6) is 0 Å². The summed E-state index contributed by atoms with van der Waals surface area (Å²) in [5, 5.41) is 3.21. The minimum Gasteiger partial charge on any atom is -0.357 e. The third-order valence-corrected chi connectivity index (χ3v) is 8.21. The number of rotatable bonds is 9. The fourth-order valence-electron chi connectivity index (χ4n) is 3.59. The average molecular weight is 548 g/mol. The van der Waals surface area contributed by atoms with Crippen LogP contribution in [0.1, 0.15) is 18.1 Å². The average Bonchev–Trinajstić information content (AvgIpc) is 2.87. The molecule has 1 N–H and O–H groups in total. The molecule has 0 radical (unpaired) electrons. The molecule has 0 aliphatic rings. The Kier molecular flexibility index (Phi) is 9.00. The molecule has 190 valence electrons. The van der Waals surface area contributed by atoms with Crippen molar-refractivity contribution in [3.8, 4) is 0 Å². The molecule has 0 heterocycles.